The van der Waals surface area contributed by atoms with Crippen molar-refractivity contribution in [3.8, 4) is 5.75 Å². The minimum Gasteiger partial charge on any atom is -0.490 e. The maximum Gasteiger partial charge on any atom is 0.129 e. The van der Waals surface area contributed by atoms with Gasteiger partial charge in [-0.15, -0.1) is 0 Å². The van der Waals surface area contributed by atoms with Gasteiger partial charge < -0.3 is 14.8 Å². The van der Waals surface area contributed by atoms with Crippen LogP contribution in [0.15, 0.2) is 12.1 Å². The van der Waals surface area contributed by atoms with E-state index in [0.29, 0.717) is 0 Å². The Morgan fingerprint density at radius 2 is 2.29 bits per heavy atom. The Morgan fingerprint density at radius 3 is 3.06 bits per heavy atom. The average Bonchev–Trinajstić information content (AvgIpc) is 2.69. The molecule has 0 bridgehead atoms. The Balaban J connectivity index is 1.98. The van der Waals surface area contributed by atoms with Crippen molar-refractivity contribution in [1.82, 2.24) is 5.32 Å². The fraction of sp³-hybridized carbons (Fsp3) is 0.538. The summed E-state index contributed by atoms with van der Waals surface area (Å²) in [6.45, 7) is 4.56. The number of rotatable bonds is 1. The lowest BCUT2D eigenvalue weighted by molar-refractivity contribution is 0.0258. The van der Waals surface area contributed by atoms with Gasteiger partial charge in [-0.2, -0.15) is 0 Å². The molecule has 1 saturated heterocycles. The summed E-state index contributed by atoms with van der Waals surface area (Å²) in [5.74, 6) is 0.982. The van der Waals surface area contributed by atoms with Gasteiger partial charge in [0.15, 0.2) is 0 Å². The van der Waals surface area contributed by atoms with Crippen molar-refractivity contribution < 1.29 is 9.47 Å². The molecule has 0 aliphatic carbocycles. The molecule has 2 unspecified atom stereocenters. The van der Waals surface area contributed by atoms with Crippen LogP contribution in [-0.2, 0) is 11.2 Å². The van der Waals surface area contributed by atoms with Crippen LogP contribution < -0.4 is 10.1 Å². The monoisotopic (exact) mass is 253 g/mol. The van der Waals surface area contributed by atoms with E-state index in [-0.39, 0.29) is 12.2 Å². The predicted molar refractivity (Wildman–Crippen MR) is 66.8 cm³/mol. The summed E-state index contributed by atoms with van der Waals surface area (Å²) in [6.07, 6.45) is 1.23. The highest BCUT2D eigenvalue weighted by atomic mass is 35.5. The fourth-order valence-electron chi connectivity index (χ4n) is 2.53. The molecule has 0 spiro atoms. The molecule has 1 aromatic rings. The van der Waals surface area contributed by atoms with Gasteiger partial charge in [0.1, 0.15) is 11.9 Å². The highest BCUT2D eigenvalue weighted by Crippen LogP contribution is 2.39. The topological polar surface area (TPSA) is 30.5 Å². The number of halogens is 1. The molecule has 0 radical (unpaired) electrons. The molecule has 2 heterocycles. The molecule has 0 saturated carbocycles. The zero-order valence-corrected chi connectivity index (χ0v) is 10.6. The molecule has 0 aromatic heterocycles. The van der Waals surface area contributed by atoms with Crippen LogP contribution in [0.5, 0.6) is 5.75 Å². The number of hydrogen-bond acceptors (Lipinski definition) is 3. The SMILES string of the molecule is CC1Cc2cc(Cl)cc(C3CNCCO3)c2O1. The third-order valence-corrected chi connectivity index (χ3v) is 3.48. The quantitative estimate of drug-likeness (QED) is 0.833. The highest BCUT2D eigenvalue weighted by Gasteiger charge is 2.28. The first-order valence-corrected chi connectivity index (χ1v) is 6.43. The largest absolute Gasteiger partial charge is 0.490 e. The van der Waals surface area contributed by atoms with E-state index >= 15 is 0 Å². The molecular weight excluding hydrogens is 238 g/mol. The molecule has 17 heavy (non-hydrogen) atoms. The molecule has 92 valence electrons. The van der Waals surface area contributed by atoms with Crippen LogP contribution in [-0.4, -0.2) is 25.8 Å². The minimum atomic E-state index is 0.0569. The van der Waals surface area contributed by atoms with Gasteiger partial charge in [0.2, 0.25) is 0 Å². The van der Waals surface area contributed by atoms with E-state index in [1.807, 2.05) is 12.1 Å². The number of hydrogen-bond donors (Lipinski definition) is 1. The molecule has 3 rings (SSSR count). The molecule has 1 aromatic carbocycles. The average molecular weight is 254 g/mol. The molecular formula is C13H16ClNO2. The lowest BCUT2D eigenvalue weighted by atomic mass is 10.0. The molecule has 3 nitrogen and oxygen atoms in total. The maximum absolute atomic E-state index is 6.16. The lowest BCUT2D eigenvalue weighted by Gasteiger charge is -2.25. The number of ether oxygens (including phenoxy) is 2. The Morgan fingerprint density at radius 1 is 1.41 bits per heavy atom. The fourth-order valence-corrected chi connectivity index (χ4v) is 2.77. The number of benzene rings is 1. The zero-order chi connectivity index (χ0) is 11.8. The van der Waals surface area contributed by atoms with Crippen LogP contribution in [0.4, 0.5) is 0 Å². The summed E-state index contributed by atoms with van der Waals surface area (Å²) < 4.78 is 11.7. The third-order valence-electron chi connectivity index (χ3n) is 3.26. The zero-order valence-electron chi connectivity index (χ0n) is 9.83. The summed E-state index contributed by atoms with van der Waals surface area (Å²) >= 11 is 6.16. The van der Waals surface area contributed by atoms with Crippen molar-refractivity contribution in [2.24, 2.45) is 0 Å². The van der Waals surface area contributed by atoms with Crippen LogP contribution in [0.1, 0.15) is 24.2 Å². The first-order chi connectivity index (χ1) is 8.24. The summed E-state index contributed by atoms with van der Waals surface area (Å²) in [7, 11) is 0. The highest BCUT2D eigenvalue weighted by molar-refractivity contribution is 6.30. The Kier molecular flexibility index (Phi) is 2.99. The van der Waals surface area contributed by atoms with E-state index < -0.39 is 0 Å². The minimum absolute atomic E-state index is 0.0569. The van der Waals surface area contributed by atoms with E-state index in [4.69, 9.17) is 21.1 Å². The van der Waals surface area contributed by atoms with E-state index in [9.17, 15) is 0 Å². The normalized spacial score (nSPS) is 27.6. The van der Waals surface area contributed by atoms with Gasteiger partial charge >= 0.3 is 0 Å². The molecule has 1 fully saturated rings. The van der Waals surface area contributed by atoms with Gasteiger partial charge in [-0.3, -0.25) is 0 Å². The van der Waals surface area contributed by atoms with E-state index in [1.54, 1.807) is 0 Å². The first kappa shape index (κ1) is 11.3. The third kappa shape index (κ3) is 2.15. The number of nitrogens with one attached hydrogen (secondary N) is 1. The summed E-state index contributed by atoms with van der Waals surface area (Å²) in [6, 6.07) is 3.97. The summed E-state index contributed by atoms with van der Waals surface area (Å²) in [5.41, 5.74) is 2.29. The predicted octanol–water partition coefficient (Wildman–Crippen LogP) is 2.32. The summed E-state index contributed by atoms with van der Waals surface area (Å²) in [5, 5.41) is 4.10. The van der Waals surface area contributed by atoms with Crippen molar-refractivity contribution in [3.05, 3.63) is 28.3 Å². The summed E-state index contributed by atoms with van der Waals surface area (Å²) in [4.78, 5) is 0. The maximum atomic E-state index is 6.16. The lowest BCUT2D eigenvalue weighted by Crippen LogP contribution is -2.33. The Bertz CT molecular complexity index is 430. The Labute approximate surface area is 106 Å². The van der Waals surface area contributed by atoms with Crippen molar-refractivity contribution in [2.45, 2.75) is 25.6 Å². The molecule has 2 atom stereocenters. The molecule has 0 amide bonds. The number of morpholine rings is 1. The van der Waals surface area contributed by atoms with Crippen LogP contribution in [0, 0.1) is 0 Å². The van der Waals surface area contributed by atoms with Gasteiger partial charge in [-0.25, -0.2) is 0 Å². The van der Waals surface area contributed by atoms with Gasteiger partial charge in [0, 0.05) is 30.1 Å². The van der Waals surface area contributed by atoms with Crippen molar-refractivity contribution in [3.63, 3.8) is 0 Å². The standard InChI is InChI=1S/C13H16ClNO2/c1-8-4-9-5-10(14)6-11(13(9)17-8)12-7-15-2-3-16-12/h5-6,8,12,15H,2-4,7H2,1H3. The van der Waals surface area contributed by atoms with Crippen LogP contribution in [0.3, 0.4) is 0 Å². The smallest absolute Gasteiger partial charge is 0.129 e. The second-order valence-electron chi connectivity index (χ2n) is 4.68. The second kappa shape index (κ2) is 4.48. The number of fused-ring (bicyclic) bond motifs is 1. The van der Waals surface area contributed by atoms with Gasteiger partial charge in [-0.1, -0.05) is 11.6 Å². The van der Waals surface area contributed by atoms with Gasteiger partial charge in [0.25, 0.3) is 0 Å². The van der Waals surface area contributed by atoms with Gasteiger partial charge in [0.05, 0.1) is 12.7 Å². The Hall–Kier alpha value is -0.770. The van der Waals surface area contributed by atoms with Crippen LogP contribution in [0.2, 0.25) is 5.02 Å². The van der Waals surface area contributed by atoms with E-state index in [1.165, 1.54) is 5.56 Å². The molecule has 4 heteroatoms. The molecule has 1 N–H and O–H groups in total. The van der Waals surface area contributed by atoms with Crippen molar-refractivity contribution >= 4 is 11.6 Å². The first-order valence-electron chi connectivity index (χ1n) is 6.05. The molecule has 2 aliphatic rings. The van der Waals surface area contributed by atoms with Gasteiger partial charge in [-0.05, 0) is 24.6 Å². The van der Waals surface area contributed by atoms with E-state index in [0.717, 1.165) is 42.5 Å². The van der Waals surface area contributed by atoms with E-state index in [2.05, 4.69) is 12.2 Å². The molecule has 2 aliphatic heterocycles. The van der Waals surface area contributed by atoms with Crippen LogP contribution >= 0.6 is 11.6 Å². The second-order valence-corrected chi connectivity index (χ2v) is 5.12. The van der Waals surface area contributed by atoms with Crippen LogP contribution in [0.25, 0.3) is 0 Å². The van der Waals surface area contributed by atoms with Crippen molar-refractivity contribution in [1.29, 1.82) is 0 Å². The van der Waals surface area contributed by atoms with Crippen molar-refractivity contribution in [2.75, 3.05) is 19.7 Å².